The number of aliphatic carboxylic acids is 1. The standard InChI is InChI=1S/C36H43N3O7S/c1-4-6-17-36(18-7-5-2)23-39(25-13-9-8-10-14-25)29-19-30(45-3)31(20-32(29)47(43,44)24-36)46-22-33(40)38-34(35(41)42)27-21-37-28-16-12-11-15-26(27)28/h8-16,19-21,34,37H,4-7,17-18,22-24H2,1-3H3,(H,38,40)(H,41,42). The maximum atomic E-state index is 14.3. The first-order valence-electron chi connectivity index (χ1n) is 16.1. The van der Waals surface area contributed by atoms with E-state index in [0.29, 0.717) is 23.2 Å². The van der Waals surface area contributed by atoms with Crippen molar-refractivity contribution in [2.45, 2.75) is 63.3 Å². The van der Waals surface area contributed by atoms with Crippen molar-refractivity contribution < 1.29 is 32.6 Å². The second-order valence-corrected chi connectivity index (χ2v) is 14.2. The Labute approximate surface area is 276 Å². The number of aromatic nitrogens is 1. The van der Waals surface area contributed by atoms with Gasteiger partial charge in [0.1, 0.15) is 0 Å². The van der Waals surface area contributed by atoms with Crippen LogP contribution < -0.4 is 19.7 Å². The van der Waals surface area contributed by atoms with Gasteiger partial charge in [0.2, 0.25) is 0 Å². The molecule has 0 fully saturated rings. The Morgan fingerprint density at radius 2 is 1.68 bits per heavy atom. The number of amides is 1. The molecule has 2 heterocycles. The highest BCUT2D eigenvalue weighted by Crippen LogP contribution is 2.48. The normalized spacial score (nSPS) is 15.8. The summed E-state index contributed by atoms with van der Waals surface area (Å²) in [5, 5.41) is 13.2. The molecule has 1 atom stereocenters. The number of carbonyl (C=O) groups is 2. The van der Waals surface area contributed by atoms with Crippen molar-refractivity contribution in [3.63, 3.8) is 0 Å². The molecule has 4 aromatic rings. The predicted molar refractivity (Wildman–Crippen MR) is 182 cm³/mol. The maximum Gasteiger partial charge on any atom is 0.330 e. The highest BCUT2D eigenvalue weighted by atomic mass is 32.2. The van der Waals surface area contributed by atoms with Crippen molar-refractivity contribution in [1.82, 2.24) is 10.3 Å². The fourth-order valence-corrected chi connectivity index (χ4v) is 8.65. The number of hydrogen-bond acceptors (Lipinski definition) is 7. The van der Waals surface area contributed by atoms with Gasteiger partial charge in [-0.15, -0.1) is 0 Å². The van der Waals surface area contributed by atoms with Crippen molar-refractivity contribution >= 4 is 44.0 Å². The number of methoxy groups -OCH3 is 1. The van der Waals surface area contributed by atoms with E-state index in [1.54, 1.807) is 24.4 Å². The average molecular weight is 662 g/mol. The Balaban J connectivity index is 1.48. The average Bonchev–Trinajstić information content (AvgIpc) is 3.46. The van der Waals surface area contributed by atoms with Crippen molar-refractivity contribution in [3.8, 4) is 11.5 Å². The van der Waals surface area contributed by atoms with Crippen LogP contribution in [-0.4, -0.2) is 56.4 Å². The lowest BCUT2D eigenvalue weighted by Gasteiger charge is -2.37. The van der Waals surface area contributed by atoms with Crippen molar-refractivity contribution in [2.75, 3.05) is 30.9 Å². The van der Waals surface area contributed by atoms with Crippen LogP contribution in [0.1, 0.15) is 64.0 Å². The van der Waals surface area contributed by atoms with Crippen LogP contribution in [0.2, 0.25) is 0 Å². The molecule has 1 aliphatic rings. The minimum absolute atomic E-state index is 0.00645. The maximum absolute atomic E-state index is 14.3. The number of hydrogen-bond donors (Lipinski definition) is 3. The van der Waals surface area contributed by atoms with E-state index in [1.165, 1.54) is 13.2 Å². The Morgan fingerprint density at radius 1 is 1.00 bits per heavy atom. The SMILES string of the molecule is CCCCC1(CCCC)CN(c2ccccc2)c2cc(OC)c(OCC(=O)NC(C(=O)O)c3c[nH]c4ccccc34)cc2S(=O)(=O)C1. The summed E-state index contributed by atoms with van der Waals surface area (Å²) in [6, 6.07) is 18.7. The Hall–Kier alpha value is -4.51. The Morgan fingerprint density at radius 3 is 2.34 bits per heavy atom. The van der Waals surface area contributed by atoms with Gasteiger partial charge in [0, 0.05) is 52.4 Å². The fraction of sp³-hybridized carbons (Fsp3) is 0.389. The van der Waals surface area contributed by atoms with Gasteiger partial charge >= 0.3 is 5.97 Å². The third kappa shape index (κ3) is 7.40. The van der Waals surface area contributed by atoms with E-state index in [0.717, 1.165) is 49.7 Å². The molecule has 0 radical (unpaired) electrons. The minimum atomic E-state index is -3.81. The second kappa shape index (κ2) is 14.5. The highest BCUT2D eigenvalue weighted by Gasteiger charge is 2.42. The van der Waals surface area contributed by atoms with Crippen LogP contribution >= 0.6 is 0 Å². The summed E-state index contributed by atoms with van der Waals surface area (Å²) in [4.78, 5) is 30.5. The molecule has 1 aliphatic heterocycles. The molecular formula is C36H43N3O7S. The molecule has 250 valence electrons. The molecule has 1 amide bonds. The summed E-state index contributed by atoms with van der Waals surface area (Å²) in [5.41, 5.74) is 2.04. The van der Waals surface area contributed by atoms with Crippen molar-refractivity contribution in [2.24, 2.45) is 5.41 Å². The van der Waals surface area contributed by atoms with E-state index in [1.807, 2.05) is 42.5 Å². The first-order chi connectivity index (χ1) is 22.6. The van der Waals surface area contributed by atoms with Gasteiger partial charge in [0.25, 0.3) is 5.91 Å². The first kappa shape index (κ1) is 33.8. The lowest BCUT2D eigenvalue weighted by atomic mass is 9.79. The highest BCUT2D eigenvalue weighted by molar-refractivity contribution is 7.91. The molecule has 1 unspecified atom stereocenters. The number of nitrogens with one attached hydrogen (secondary N) is 2. The zero-order chi connectivity index (χ0) is 33.6. The number of carboxylic acid groups (broad SMARTS) is 1. The zero-order valence-corrected chi connectivity index (χ0v) is 27.9. The number of unbranched alkanes of at least 4 members (excludes halogenated alkanes) is 2. The lowest BCUT2D eigenvalue weighted by molar-refractivity contribution is -0.142. The number of para-hydroxylation sites is 2. The molecule has 10 nitrogen and oxygen atoms in total. The minimum Gasteiger partial charge on any atom is -0.493 e. The molecule has 47 heavy (non-hydrogen) atoms. The van der Waals surface area contributed by atoms with Crippen LogP contribution in [0.4, 0.5) is 11.4 Å². The number of fused-ring (bicyclic) bond motifs is 2. The molecule has 11 heteroatoms. The van der Waals surface area contributed by atoms with Gasteiger partial charge in [-0.1, -0.05) is 75.9 Å². The number of rotatable bonds is 14. The number of carboxylic acids is 1. The monoisotopic (exact) mass is 661 g/mol. The van der Waals surface area contributed by atoms with Gasteiger partial charge < -0.3 is 29.8 Å². The lowest BCUT2D eigenvalue weighted by Crippen LogP contribution is -2.38. The number of nitrogens with zero attached hydrogens (tertiary/aromatic N) is 1. The van der Waals surface area contributed by atoms with Crippen LogP contribution in [0.3, 0.4) is 0 Å². The van der Waals surface area contributed by atoms with Gasteiger partial charge in [-0.25, -0.2) is 13.2 Å². The summed E-state index contributed by atoms with van der Waals surface area (Å²) in [7, 11) is -2.36. The molecule has 0 saturated heterocycles. The largest absolute Gasteiger partial charge is 0.493 e. The fourth-order valence-electron chi connectivity index (χ4n) is 6.53. The van der Waals surface area contributed by atoms with Crippen LogP contribution in [0.5, 0.6) is 11.5 Å². The molecule has 3 N–H and O–H groups in total. The number of carbonyl (C=O) groups excluding carboxylic acids is 1. The van der Waals surface area contributed by atoms with E-state index >= 15 is 0 Å². The summed E-state index contributed by atoms with van der Waals surface area (Å²) in [6.07, 6.45) is 6.88. The van der Waals surface area contributed by atoms with E-state index in [-0.39, 0.29) is 22.1 Å². The van der Waals surface area contributed by atoms with E-state index < -0.39 is 39.8 Å². The number of ether oxygens (including phenoxy) is 2. The van der Waals surface area contributed by atoms with Gasteiger partial charge in [-0.3, -0.25) is 4.79 Å². The third-order valence-corrected chi connectivity index (χ3v) is 10.9. The molecule has 0 saturated carbocycles. The van der Waals surface area contributed by atoms with Crippen molar-refractivity contribution in [1.29, 1.82) is 0 Å². The van der Waals surface area contributed by atoms with E-state index in [9.17, 15) is 23.1 Å². The summed E-state index contributed by atoms with van der Waals surface area (Å²) in [5.74, 6) is -1.59. The second-order valence-electron chi connectivity index (χ2n) is 12.3. The Bertz CT molecular complexity index is 1810. The number of H-pyrrole nitrogens is 1. The molecule has 0 aliphatic carbocycles. The summed E-state index contributed by atoms with van der Waals surface area (Å²) < 4.78 is 40.1. The number of benzene rings is 3. The van der Waals surface area contributed by atoms with Gasteiger partial charge in [0.15, 0.2) is 34.0 Å². The molecule has 0 spiro atoms. The summed E-state index contributed by atoms with van der Waals surface area (Å²) in [6.45, 7) is 4.21. The van der Waals surface area contributed by atoms with E-state index in [4.69, 9.17) is 9.47 Å². The molecule has 5 rings (SSSR count). The van der Waals surface area contributed by atoms with Crippen molar-refractivity contribution in [3.05, 3.63) is 78.5 Å². The van der Waals surface area contributed by atoms with Crippen LogP contribution in [-0.2, 0) is 19.4 Å². The molecular weight excluding hydrogens is 618 g/mol. The topological polar surface area (TPSA) is 138 Å². The van der Waals surface area contributed by atoms with Gasteiger partial charge in [-0.2, -0.15) is 0 Å². The van der Waals surface area contributed by atoms with Crippen LogP contribution in [0.15, 0.2) is 77.8 Å². The zero-order valence-electron chi connectivity index (χ0n) is 27.1. The summed E-state index contributed by atoms with van der Waals surface area (Å²) >= 11 is 0. The molecule has 1 aromatic heterocycles. The molecule has 3 aromatic carbocycles. The smallest absolute Gasteiger partial charge is 0.330 e. The number of aromatic amines is 1. The Kier molecular flexibility index (Phi) is 10.4. The third-order valence-electron chi connectivity index (χ3n) is 8.89. The van der Waals surface area contributed by atoms with Crippen LogP contribution in [0, 0.1) is 5.41 Å². The number of anilines is 2. The van der Waals surface area contributed by atoms with Gasteiger partial charge in [0.05, 0.1) is 23.4 Å². The molecule has 0 bridgehead atoms. The number of sulfone groups is 1. The quantitative estimate of drug-likeness (QED) is 0.134. The first-order valence-corrected chi connectivity index (χ1v) is 17.7. The van der Waals surface area contributed by atoms with Crippen LogP contribution in [0.25, 0.3) is 10.9 Å². The van der Waals surface area contributed by atoms with Gasteiger partial charge in [-0.05, 0) is 31.0 Å². The van der Waals surface area contributed by atoms with E-state index in [2.05, 4.69) is 29.0 Å². The predicted octanol–water partition coefficient (Wildman–Crippen LogP) is 6.79.